The number of hydrogen-bond donors (Lipinski definition) is 1. The molecule has 46 heavy (non-hydrogen) atoms. The van der Waals surface area contributed by atoms with Gasteiger partial charge in [0, 0.05) is 30.1 Å². The van der Waals surface area contributed by atoms with Gasteiger partial charge in [-0.15, -0.1) is 24.9 Å². The summed E-state index contributed by atoms with van der Waals surface area (Å²) < 4.78 is -1.38. The molecule has 8 heteroatoms. The molecule has 0 saturated carbocycles. The predicted octanol–water partition coefficient (Wildman–Crippen LogP) is 5.64. The van der Waals surface area contributed by atoms with Crippen LogP contribution in [0.5, 0.6) is 0 Å². The minimum absolute atomic E-state index is 0.137. The van der Waals surface area contributed by atoms with Crippen LogP contribution in [0.25, 0.3) is 0 Å². The fourth-order valence-electron chi connectivity index (χ4n) is 7.98. The molecule has 3 saturated heterocycles. The molecular formula is C38H41N3O4S. The van der Waals surface area contributed by atoms with Crippen LogP contribution in [-0.4, -0.2) is 67.9 Å². The number of hydrogen-bond acceptors (Lipinski definition) is 5. The van der Waals surface area contributed by atoms with Gasteiger partial charge in [-0.1, -0.05) is 91.0 Å². The molecule has 0 aromatic heterocycles. The Kier molecular flexibility index (Phi) is 8.95. The molecule has 6 rings (SSSR count). The molecule has 3 fully saturated rings. The first-order chi connectivity index (χ1) is 22.3. The molecule has 7 nitrogen and oxygen atoms in total. The fraction of sp³-hybridized carbons (Fsp3) is 0.342. The van der Waals surface area contributed by atoms with Gasteiger partial charge in [-0.2, -0.15) is 0 Å². The van der Waals surface area contributed by atoms with E-state index in [-0.39, 0.29) is 24.3 Å². The van der Waals surface area contributed by atoms with E-state index in [2.05, 4.69) is 20.1 Å². The van der Waals surface area contributed by atoms with Gasteiger partial charge in [-0.25, -0.2) is 0 Å². The van der Waals surface area contributed by atoms with E-state index in [1.54, 1.807) is 38.6 Å². The van der Waals surface area contributed by atoms with Gasteiger partial charge >= 0.3 is 0 Å². The van der Waals surface area contributed by atoms with Crippen LogP contribution in [0.15, 0.2) is 116 Å². The first-order valence-electron chi connectivity index (χ1n) is 15.9. The van der Waals surface area contributed by atoms with Gasteiger partial charge in [-0.3, -0.25) is 14.4 Å². The maximum Gasteiger partial charge on any atom is 0.247 e. The SMILES string of the molecule is C=CCN(Cc1ccccc1)C(=O)C1N([C@H](CO)c2ccccc2)C(=O)[C@@H]2[C@@H](C(=O)N(CC=C)c3ccccc3)[C@@]3(C)CCC12S3. The van der Waals surface area contributed by atoms with Crippen LogP contribution in [-0.2, 0) is 20.9 Å². The molecule has 3 amide bonds. The van der Waals surface area contributed by atoms with Crippen molar-refractivity contribution in [1.82, 2.24) is 9.80 Å². The van der Waals surface area contributed by atoms with Crippen molar-refractivity contribution in [3.63, 3.8) is 0 Å². The second-order valence-corrected chi connectivity index (χ2v) is 14.5. The summed E-state index contributed by atoms with van der Waals surface area (Å²) in [5, 5.41) is 10.9. The second-order valence-electron chi connectivity index (χ2n) is 12.6. The van der Waals surface area contributed by atoms with Crippen molar-refractivity contribution in [1.29, 1.82) is 0 Å². The highest BCUT2D eigenvalue weighted by Crippen LogP contribution is 2.72. The number of benzene rings is 3. The van der Waals surface area contributed by atoms with Gasteiger partial charge in [0.2, 0.25) is 17.7 Å². The van der Waals surface area contributed by atoms with Crippen molar-refractivity contribution in [2.45, 2.75) is 47.9 Å². The Labute approximate surface area is 275 Å². The van der Waals surface area contributed by atoms with Crippen molar-refractivity contribution in [3.8, 4) is 0 Å². The number of amides is 3. The molecule has 3 aromatic rings. The van der Waals surface area contributed by atoms with E-state index in [0.29, 0.717) is 32.5 Å². The Morgan fingerprint density at radius 3 is 2.15 bits per heavy atom. The monoisotopic (exact) mass is 635 g/mol. The Balaban J connectivity index is 1.47. The average molecular weight is 636 g/mol. The number of carbonyl (C=O) groups is 3. The third-order valence-electron chi connectivity index (χ3n) is 9.93. The topological polar surface area (TPSA) is 81.2 Å². The van der Waals surface area contributed by atoms with E-state index >= 15 is 0 Å². The quantitative estimate of drug-likeness (QED) is 0.261. The van der Waals surface area contributed by atoms with Gasteiger partial charge in [0.1, 0.15) is 6.04 Å². The zero-order chi connectivity index (χ0) is 32.5. The van der Waals surface area contributed by atoms with Crippen molar-refractivity contribution < 1.29 is 19.5 Å². The largest absolute Gasteiger partial charge is 0.394 e. The number of para-hydroxylation sites is 1. The summed E-state index contributed by atoms with van der Waals surface area (Å²) in [7, 11) is 0. The summed E-state index contributed by atoms with van der Waals surface area (Å²) in [6, 6.07) is 27.0. The Hall–Kier alpha value is -4.14. The fourth-order valence-corrected chi connectivity index (χ4v) is 10.3. The van der Waals surface area contributed by atoms with E-state index in [4.69, 9.17) is 0 Å². The van der Waals surface area contributed by atoms with Crippen LogP contribution in [0.4, 0.5) is 5.69 Å². The lowest BCUT2D eigenvalue weighted by atomic mass is 9.66. The minimum Gasteiger partial charge on any atom is -0.394 e. The highest BCUT2D eigenvalue weighted by atomic mass is 32.2. The number of fused-ring (bicyclic) bond motifs is 1. The summed E-state index contributed by atoms with van der Waals surface area (Å²) >= 11 is 1.64. The van der Waals surface area contributed by atoms with Crippen LogP contribution in [0.1, 0.15) is 36.9 Å². The number of aliphatic hydroxyl groups excluding tert-OH is 1. The van der Waals surface area contributed by atoms with Gasteiger partial charge in [0.15, 0.2) is 0 Å². The Morgan fingerprint density at radius 1 is 0.935 bits per heavy atom. The van der Waals surface area contributed by atoms with Crippen molar-refractivity contribution >= 4 is 35.2 Å². The molecule has 238 valence electrons. The van der Waals surface area contributed by atoms with Crippen LogP contribution in [0.3, 0.4) is 0 Å². The van der Waals surface area contributed by atoms with Crippen molar-refractivity contribution in [3.05, 3.63) is 127 Å². The molecule has 3 heterocycles. The number of aliphatic hydroxyl groups is 1. The average Bonchev–Trinajstić information content (AvgIpc) is 3.65. The first kappa shape index (κ1) is 31.8. The van der Waals surface area contributed by atoms with Crippen LogP contribution in [0.2, 0.25) is 0 Å². The Bertz CT molecular complexity index is 1600. The number of anilines is 1. The molecular weight excluding hydrogens is 595 g/mol. The van der Waals surface area contributed by atoms with E-state index in [1.807, 2.05) is 91.0 Å². The molecule has 3 aromatic carbocycles. The molecule has 1 spiro atoms. The number of nitrogens with zero attached hydrogens (tertiary/aromatic N) is 3. The van der Waals surface area contributed by atoms with Gasteiger partial charge < -0.3 is 19.8 Å². The van der Waals surface area contributed by atoms with Crippen molar-refractivity contribution in [2.75, 3.05) is 24.6 Å². The summed E-state index contributed by atoms with van der Waals surface area (Å²) in [5.74, 6) is -1.96. The smallest absolute Gasteiger partial charge is 0.247 e. The predicted molar refractivity (Wildman–Crippen MR) is 183 cm³/mol. The Morgan fingerprint density at radius 2 is 1.54 bits per heavy atom. The maximum absolute atomic E-state index is 15.0. The third-order valence-corrected chi connectivity index (χ3v) is 11.9. The molecule has 2 bridgehead atoms. The van der Waals surface area contributed by atoms with Crippen molar-refractivity contribution in [2.24, 2.45) is 11.8 Å². The van der Waals surface area contributed by atoms with Gasteiger partial charge in [0.05, 0.1) is 29.2 Å². The van der Waals surface area contributed by atoms with Crippen LogP contribution in [0, 0.1) is 11.8 Å². The summed E-state index contributed by atoms with van der Waals surface area (Å²) in [4.78, 5) is 49.8. The summed E-state index contributed by atoms with van der Waals surface area (Å²) in [6.07, 6.45) is 4.72. The molecule has 6 atom stereocenters. The maximum atomic E-state index is 15.0. The van der Waals surface area contributed by atoms with E-state index < -0.39 is 33.4 Å². The van der Waals surface area contributed by atoms with E-state index in [0.717, 1.165) is 16.8 Å². The lowest BCUT2D eigenvalue weighted by Gasteiger charge is -2.39. The van der Waals surface area contributed by atoms with Gasteiger partial charge in [-0.05, 0) is 43.0 Å². The number of carbonyl (C=O) groups excluding carboxylic acids is 3. The molecule has 1 N–H and O–H groups in total. The number of thioether (sulfide) groups is 1. The highest BCUT2D eigenvalue weighted by molar-refractivity contribution is 8.02. The minimum atomic E-state index is -0.875. The standard InChI is InChI=1S/C38H41N3O4S/c1-4-23-39(25-27-15-9-6-10-16-27)36(45)33-38-22-21-37(3,46-38)31(34(43)40(24-5-2)29-19-13-8-14-20-29)32(38)35(44)41(33)30(26-42)28-17-11-7-12-18-28/h4-20,30-33,42H,1-2,21-26H2,3H3/t30-,31+,32+,33?,37-,38?/m1/s1. The molecule has 3 aliphatic heterocycles. The molecule has 3 aliphatic rings. The lowest BCUT2D eigenvalue weighted by molar-refractivity contribution is -0.146. The van der Waals surface area contributed by atoms with Crippen LogP contribution >= 0.6 is 11.8 Å². The normalized spacial score (nSPS) is 26.8. The van der Waals surface area contributed by atoms with E-state index in [9.17, 15) is 19.5 Å². The third kappa shape index (κ3) is 5.27. The van der Waals surface area contributed by atoms with Crippen LogP contribution < -0.4 is 4.90 Å². The highest BCUT2D eigenvalue weighted by Gasteiger charge is 2.78. The zero-order valence-electron chi connectivity index (χ0n) is 26.2. The second kappa shape index (κ2) is 12.9. The number of rotatable bonds is 12. The number of likely N-dealkylation sites (tertiary alicyclic amines) is 1. The first-order valence-corrected chi connectivity index (χ1v) is 16.7. The molecule has 0 aliphatic carbocycles. The summed E-state index contributed by atoms with van der Waals surface area (Å²) in [6.45, 7) is 10.5. The summed E-state index contributed by atoms with van der Waals surface area (Å²) in [5.41, 5.74) is 2.46. The van der Waals surface area contributed by atoms with Gasteiger partial charge in [0.25, 0.3) is 0 Å². The lowest BCUT2D eigenvalue weighted by Crippen LogP contribution is -2.55. The zero-order valence-corrected chi connectivity index (χ0v) is 27.0. The molecule has 0 radical (unpaired) electrons. The molecule has 2 unspecified atom stereocenters. The van der Waals surface area contributed by atoms with E-state index in [1.165, 1.54) is 0 Å².